The van der Waals surface area contributed by atoms with Gasteiger partial charge >= 0.3 is 0 Å². The first-order valence-electron chi connectivity index (χ1n) is 27.8. The zero-order valence-corrected chi connectivity index (χ0v) is 41.5. The maximum Gasteiger partial charge on any atom is 0.0708 e. The Morgan fingerprint density at radius 1 is 0.386 bits per heavy atom. The third-order valence-electron chi connectivity index (χ3n) is 13.2. The molecular formula is C67H67N3. The van der Waals surface area contributed by atoms with E-state index in [1.807, 2.05) is 122 Å². The van der Waals surface area contributed by atoms with Crippen LogP contribution in [-0.2, 0) is 42.8 Å². The number of hydrogen-bond donors (Lipinski definition) is 0. The van der Waals surface area contributed by atoms with Gasteiger partial charge < -0.3 is 0 Å². The molecule has 9 aromatic rings. The Morgan fingerprint density at radius 2 is 0.886 bits per heavy atom. The highest BCUT2D eigenvalue weighted by molar-refractivity contribution is 5.78. The molecule has 0 bridgehead atoms. The summed E-state index contributed by atoms with van der Waals surface area (Å²) in [6, 6.07) is 59.2. The van der Waals surface area contributed by atoms with Crippen molar-refractivity contribution in [1.29, 1.82) is 0 Å². The van der Waals surface area contributed by atoms with Crippen LogP contribution < -0.4 is 0 Å². The highest BCUT2D eigenvalue weighted by Crippen LogP contribution is 2.36. The topological polar surface area (TPSA) is 38.7 Å². The zero-order valence-electron chi connectivity index (χ0n) is 48.5. The van der Waals surface area contributed by atoms with Crippen molar-refractivity contribution in [2.24, 2.45) is 5.41 Å². The Kier molecular flexibility index (Phi) is 11.5. The highest BCUT2D eigenvalue weighted by atomic mass is 14.7. The van der Waals surface area contributed by atoms with Gasteiger partial charge in [-0.2, -0.15) is 0 Å². The Morgan fingerprint density at radius 3 is 1.41 bits per heavy atom. The molecule has 3 heteroatoms. The molecule has 0 amide bonds. The van der Waals surface area contributed by atoms with E-state index in [2.05, 4.69) is 90.9 Å². The summed E-state index contributed by atoms with van der Waals surface area (Å²) < 4.78 is 64.3. The fourth-order valence-corrected chi connectivity index (χ4v) is 9.44. The minimum Gasteiger partial charge on any atom is -0.256 e. The number of benzene rings is 6. The van der Waals surface area contributed by atoms with Crippen LogP contribution >= 0.6 is 0 Å². The quantitative estimate of drug-likeness (QED) is 0.103. The second-order valence-corrected chi connectivity index (χ2v) is 21.2. The molecule has 350 valence electrons. The molecule has 0 unspecified atom stereocenters. The van der Waals surface area contributed by atoms with Crippen molar-refractivity contribution in [3.05, 3.63) is 245 Å². The van der Waals surface area contributed by atoms with E-state index in [9.17, 15) is 5.48 Å². The van der Waals surface area contributed by atoms with Crippen LogP contribution in [0, 0.1) is 12.3 Å². The predicted octanol–water partition coefficient (Wildman–Crippen LogP) is 16.9. The van der Waals surface area contributed by atoms with Crippen LogP contribution in [0.4, 0.5) is 0 Å². The molecule has 0 aliphatic carbocycles. The van der Waals surface area contributed by atoms with Crippen LogP contribution in [0.15, 0.2) is 201 Å². The minimum atomic E-state index is -2.64. The van der Waals surface area contributed by atoms with E-state index < -0.39 is 30.4 Å². The van der Waals surface area contributed by atoms with Gasteiger partial charge in [0.2, 0.25) is 0 Å². The van der Waals surface area contributed by atoms with Crippen LogP contribution in [0.3, 0.4) is 0 Å². The summed E-state index contributed by atoms with van der Waals surface area (Å²) in [5.41, 5.74) is 12.9. The molecule has 0 saturated heterocycles. The predicted molar refractivity (Wildman–Crippen MR) is 295 cm³/mol. The molecule has 0 radical (unpaired) electrons. The van der Waals surface area contributed by atoms with Gasteiger partial charge in [0.15, 0.2) is 0 Å². The summed E-state index contributed by atoms with van der Waals surface area (Å²) in [6.07, 6.45) is 2.07. The van der Waals surface area contributed by atoms with Crippen LogP contribution in [0.2, 0.25) is 0 Å². The highest BCUT2D eigenvalue weighted by Gasteiger charge is 2.26. The van der Waals surface area contributed by atoms with Gasteiger partial charge in [-0.1, -0.05) is 212 Å². The van der Waals surface area contributed by atoms with E-state index in [0.717, 1.165) is 62.3 Å². The van der Waals surface area contributed by atoms with Gasteiger partial charge in [0, 0.05) is 44.9 Å². The van der Waals surface area contributed by atoms with Crippen molar-refractivity contribution >= 4 is 0 Å². The van der Waals surface area contributed by atoms with Gasteiger partial charge in [0.25, 0.3) is 0 Å². The zero-order chi connectivity index (χ0) is 55.0. The Bertz CT molecular complexity index is 3360. The minimum absolute atomic E-state index is 0.0878. The second-order valence-electron chi connectivity index (χ2n) is 21.2. The largest absolute Gasteiger partial charge is 0.256 e. The van der Waals surface area contributed by atoms with Gasteiger partial charge in [0.05, 0.1) is 17.1 Å². The van der Waals surface area contributed by atoms with Crippen LogP contribution in [0.1, 0.15) is 103 Å². The van der Waals surface area contributed by atoms with E-state index in [1.54, 1.807) is 30.3 Å². The van der Waals surface area contributed by atoms with Gasteiger partial charge in [-0.3, -0.25) is 15.0 Å². The fraction of sp³-hybridized carbons (Fsp3) is 0.239. The van der Waals surface area contributed by atoms with Crippen molar-refractivity contribution in [2.45, 2.75) is 98.2 Å². The molecule has 0 fully saturated rings. The van der Waals surface area contributed by atoms with E-state index >= 15 is 0 Å². The molecule has 0 atom stereocenters. The molecule has 0 spiro atoms. The summed E-state index contributed by atoms with van der Waals surface area (Å²) in [5.74, 6) is 0. The summed E-state index contributed by atoms with van der Waals surface area (Å²) >= 11 is 0. The number of nitrogens with zero attached hydrogens (tertiary/aromatic N) is 3. The molecular weight excluding hydrogens is 847 g/mol. The number of aromatic nitrogens is 3. The van der Waals surface area contributed by atoms with Gasteiger partial charge in [-0.25, -0.2) is 0 Å². The first kappa shape index (κ1) is 39.6. The summed E-state index contributed by atoms with van der Waals surface area (Å²) in [7, 11) is 0. The molecule has 0 saturated carbocycles. The maximum absolute atomic E-state index is 10.1. The lowest BCUT2D eigenvalue weighted by Gasteiger charge is -2.28. The third kappa shape index (κ3) is 11.8. The Labute approximate surface area is 427 Å². The lowest BCUT2D eigenvalue weighted by molar-refractivity contribution is 0.411. The average Bonchev–Trinajstić information content (AvgIpc) is 3.41. The smallest absolute Gasteiger partial charge is 0.0708 e. The van der Waals surface area contributed by atoms with Crippen LogP contribution in [0.5, 0.6) is 0 Å². The monoisotopic (exact) mass is 921 g/mol. The van der Waals surface area contributed by atoms with Gasteiger partial charge in [-0.05, 0) is 141 Å². The first-order valence-corrected chi connectivity index (χ1v) is 24.3. The van der Waals surface area contributed by atoms with Gasteiger partial charge in [0.1, 0.15) is 0 Å². The SMILES string of the molecule is [2H]C([2H])([2H])c1ccc(-c2cc(-c3cccc(-c4ccc(CC(C)(C)C)cc4)c3)c(C([2H])([2H])C([2H])([2H])c3cc(CC(C)(C)c4ccc(-c5ccccc5)nc4)cc(CC(C)(C)c4ccc(-c5ccccc5)nc4)c3)cn2)cc1. The molecule has 6 aromatic carbocycles. The molecule has 0 aliphatic rings. The van der Waals surface area contributed by atoms with Crippen molar-refractivity contribution in [1.82, 2.24) is 15.0 Å². The Hall–Kier alpha value is -7.23. The first-order chi connectivity index (χ1) is 36.4. The molecule has 9 rings (SSSR count). The van der Waals surface area contributed by atoms with E-state index in [1.165, 1.54) is 11.8 Å². The van der Waals surface area contributed by atoms with Crippen molar-refractivity contribution in [3.63, 3.8) is 0 Å². The molecule has 0 aliphatic heterocycles. The van der Waals surface area contributed by atoms with E-state index in [-0.39, 0.29) is 22.1 Å². The molecule has 3 heterocycles. The number of aryl methyl sites for hydroxylation is 3. The van der Waals surface area contributed by atoms with Crippen molar-refractivity contribution < 1.29 is 9.60 Å². The fourth-order valence-electron chi connectivity index (χ4n) is 9.44. The Balaban J connectivity index is 1.13. The normalized spacial score (nSPS) is 14.1. The molecule has 0 N–H and O–H groups in total. The van der Waals surface area contributed by atoms with Crippen LogP contribution in [-0.4, -0.2) is 15.0 Å². The number of rotatable bonds is 15. The molecule has 70 heavy (non-hydrogen) atoms. The lowest BCUT2D eigenvalue weighted by atomic mass is 9.77. The van der Waals surface area contributed by atoms with Gasteiger partial charge in [-0.15, -0.1) is 0 Å². The van der Waals surface area contributed by atoms with Crippen molar-refractivity contribution in [3.8, 4) is 56.0 Å². The molecule has 3 aromatic heterocycles. The second kappa shape index (κ2) is 20.4. The average molecular weight is 921 g/mol. The number of pyridine rings is 3. The standard InChI is InChI=1S/C67H67N3/c1-47-22-27-55(28-23-47)64-40-61(57-21-15-20-56(39-57)52-29-24-48(25-30-52)41-65(2,3)4)58(44-68-64)31-26-49-36-50(42-66(5,6)59-32-34-62(69-45-59)53-16-11-9-12-17-53)38-51(37-49)43-67(7,8)60-33-35-63(70-46-60)54-18-13-10-14-19-54/h9-25,27-30,32-40,44-46H,26,31,41-43H2,1-8H3/i1D3,26D2,31D2. The van der Waals surface area contributed by atoms with Crippen molar-refractivity contribution in [2.75, 3.05) is 0 Å². The summed E-state index contributed by atoms with van der Waals surface area (Å²) in [4.78, 5) is 14.6. The number of hydrogen-bond acceptors (Lipinski definition) is 3. The lowest BCUT2D eigenvalue weighted by Crippen LogP contribution is -2.23. The summed E-state index contributed by atoms with van der Waals surface area (Å²) in [6.45, 7) is 13.1. The van der Waals surface area contributed by atoms with E-state index in [4.69, 9.17) is 19.1 Å². The maximum atomic E-state index is 10.1. The third-order valence-corrected chi connectivity index (χ3v) is 13.2. The summed E-state index contributed by atoms with van der Waals surface area (Å²) in [5, 5.41) is 0. The van der Waals surface area contributed by atoms with Crippen LogP contribution in [0.25, 0.3) is 56.0 Å². The van der Waals surface area contributed by atoms with E-state index in [0.29, 0.717) is 35.2 Å². The molecule has 3 nitrogen and oxygen atoms in total.